The van der Waals surface area contributed by atoms with Crippen LogP contribution in [0.5, 0.6) is 11.5 Å². The summed E-state index contributed by atoms with van der Waals surface area (Å²) in [6.07, 6.45) is 1.26. The van der Waals surface area contributed by atoms with Crippen LogP contribution < -0.4 is 14.4 Å². The first-order valence-electron chi connectivity index (χ1n) is 14.3. The van der Waals surface area contributed by atoms with Gasteiger partial charge >= 0.3 is 0 Å². The number of nitrogens with one attached hydrogen (secondary N) is 1. The van der Waals surface area contributed by atoms with E-state index in [9.17, 15) is 18.0 Å². The van der Waals surface area contributed by atoms with Crippen molar-refractivity contribution in [2.24, 2.45) is 0 Å². The normalized spacial score (nSPS) is 11.8. The SMILES string of the molecule is CCCNC(=O)[C@H](C)N(CCc1ccccc1)C(=O)CN(c1ccc(Oc2ccccc2)cc1)S(=O)(=O)c1ccccc1. The van der Waals surface area contributed by atoms with Crippen molar-refractivity contribution in [2.75, 3.05) is 23.9 Å². The monoisotopic (exact) mass is 599 g/mol. The van der Waals surface area contributed by atoms with Gasteiger partial charge in [0.15, 0.2) is 0 Å². The maximum absolute atomic E-state index is 14.0. The highest BCUT2D eigenvalue weighted by Crippen LogP contribution is 2.28. The molecule has 224 valence electrons. The van der Waals surface area contributed by atoms with Crippen molar-refractivity contribution in [1.82, 2.24) is 10.2 Å². The van der Waals surface area contributed by atoms with E-state index in [2.05, 4.69) is 5.32 Å². The molecule has 0 heterocycles. The Kier molecular flexibility index (Phi) is 10.9. The minimum absolute atomic E-state index is 0.0528. The Morgan fingerprint density at radius 2 is 1.35 bits per heavy atom. The highest BCUT2D eigenvalue weighted by atomic mass is 32.2. The number of amides is 2. The highest BCUT2D eigenvalue weighted by molar-refractivity contribution is 7.92. The lowest BCUT2D eigenvalue weighted by Crippen LogP contribution is -2.52. The summed E-state index contributed by atoms with van der Waals surface area (Å²) in [5.74, 6) is 0.384. The lowest BCUT2D eigenvalue weighted by molar-refractivity contribution is -0.138. The molecule has 1 N–H and O–H groups in total. The largest absolute Gasteiger partial charge is 0.457 e. The van der Waals surface area contributed by atoms with Gasteiger partial charge in [0.1, 0.15) is 24.1 Å². The van der Waals surface area contributed by atoms with E-state index in [1.54, 1.807) is 49.4 Å². The molecule has 0 fully saturated rings. The molecule has 0 bridgehead atoms. The molecule has 2 amide bonds. The molecule has 0 saturated heterocycles. The topological polar surface area (TPSA) is 96.0 Å². The van der Waals surface area contributed by atoms with Gasteiger partial charge in [-0.3, -0.25) is 13.9 Å². The number of hydrogen-bond donors (Lipinski definition) is 1. The summed E-state index contributed by atoms with van der Waals surface area (Å²) < 4.78 is 34.8. The van der Waals surface area contributed by atoms with E-state index in [4.69, 9.17) is 4.74 Å². The van der Waals surface area contributed by atoms with Crippen LogP contribution in [0.25, 0.3) is 0 Å². The van der Waals surface area contributed by atoms with Crippen LogP contribution in [-0.2, 0) is 26.0 Å². The zero-order chi connectivity index (χ0) is 30.7. The summed E-state index contributed by atoms with van der Waals surface area (Å²) in [5, 5.41) is 2.85. The second-order valence-corrected chi connectivity index (χ2v) is 11.9. The molecule has 43 heavy (non-hydrogen) atoms. The summed E-state index contributed by atoms with van der Waals surface area (Å²) in [5.41, 5.74) is 1.30. The molecule has 4 aromatic rings. The number of sulfonamides is 1. The maximum Gasteiger partial charge on any atom is 0.264 e. The highest BCUT2D eigenvalue weighted by Gasteiger charge is 2.32. The average molecular weight is 600 g/mol. The molecule has 0 aromatic heterocycles. The minimum Gasteiger partial charge on any atom is -0.457 e. The fourth-order valence-electron chi connectivity index (χ4n) is 4.52. The second-order valence-electron chi connectivity index (χ2n) is 10.0. The molecular weight excluding hydrogens is 562 g/mol. The molecule has 0 radical (unpaired) electrons. The van der Waals surface area contributed by atoms with Gasteiger partial charge in [0, 0.05) is 13.1 Å². The second kappa shape index (κ2) is 15.0. The molecule has 0 aliphatic carbocycles. The zero-order valence-corrected chi connectivity index (χ0v) is 25.2. The first kappa shape index (κ1) is 31.3. The minimum atomic E-state index is -4.14. The van der Waals surface area contributed by atoms with E-state index >= 15 is 0 Å². The summed E-state index contributed by atoms with van der Waals surface area (Å²) in [7, 11) is -4.14. The molecule has 8 nitrogen and oxygen atoms in total. The van der Waals surface area contributed by atoms with Gasteiger partial charge in [-0.1, -0.05) is 73.7 Å². The van der Waals surface area contributed by atoms with Gasteiger partial charge < -0.3 is 15.0 Å². The zero-order valence-electron chi connectivity index (χ0n) is 24.4. The number of benzene rings is 4. The van der Waals surface area contributed by atoms with Crippen LogP contribution in [0, 0.1) is 0 Å². The summed E-state index contributed by atoms with van der Waals surface area (Å²) in [6.45, 7) is 3.85. The van der Waals surface area contributed by atoms with Crippen molar-refractivity contribution < 1.29 is 22.7 Å². The van der Waals surface area contributed by atoms with E-state index in [1.807, 2.05) is 67.6 Å². The molecule has 0 saturated carbocycles. The number of carbonyl (C=O) groups excluding carboxylic acids is 2. The van der Waals surface area contributed by atoms with Crippen LogP contribution in [0.4, 0.5) is 5.69 Å². The van der Waals surface area contributed by atoms with Crippen molar-refractivity contribution in [1.29, 1.82) is 0 Å². The standard InChI is InChI=1S/C34H37N3O5S/c1-3-24-35-34(39)27(2)36(25-23-28-13-7-4-8-14-28)33(38)26-37(43(40,41)32-17-11-6-12-18-32)29-19-21-31(22-20-29)42-30-15-9-5-10-16-30/h4-22,27H,3,23-26H2,1-2H3,(H,35,39)/t27-/m0/s1. The van der Waals surface area contributed by atoms with Crippen LogP contribution in [0.15, 0.2) is 120 Å². The lowest BCUT2D eigenvalue weighted by Gasteiger charge is -2.32. The van der Waals surface area contributed by atoms with Gasteiger partial charge in [0.25, 0.3) is 10.0 Å². The lowest BCUT2D eigenvalue weighted by atomic mass is 10.1. The van der Waals surface area contributed by atoms with Crippen molar-refractivity contribution in [3.8, 4) is 11.5 Å². The molecule has 0 aliphatic heterocycles. The van der Waals surface area contributed by atoms with Gasteiger partial charge in [0.05, 0.1) is 10.6 Å². The summed E-state index contributed by atoms with van der Waals surface area (Å²) >= 11 is 0. The van der Waals surface area contributed by atoms with Gasteiger partial charge in [-0.05, 0) is 73.9 Å². The summed E-state index contributed by atoms with van der Waals surface area (Å²) in [4.78, 5) is 28.4. The number of anilines is 1. The van der Waals surface area contributed by atoms with E-state index in [0.717, 1.165) is 16.3 Å². The van der Waals surface area contributed by atoms with Crippen molar-refractivity contribution >= 4 is 27.5 Å². The molecular formula is C34H37N3O5S. The molecule has 4 aromatic carbocycles. The fraction of sp³-hybridized carbons (Fsp3) is 0.235. The van der Waals surface area contributed by atoms with E-state index in [0.29, 0.717) is 30.2 Å². The third-order valence-electron chi connectivity index (χ3n) is 6.91. The number of hydrogen-bond acceptors (Lipinski definition) is 5. The third-order valence-corrected chi connectivity index (χ3v) is 8.70. The first-order valence-corrected chi connectivity index (χ1v) is 15.8. The van der Waals surface area contributed by atoms with Crippen molar-refractivity contribution in [3.63, 3.8) is 0 Å². The summed E-state index contributed by atoms with van der Waals surface area (Å²) in [6, 6.07) is 32.6. The maximum atomic E-state index is 14.0. The number of para-hydroxylation sites is 1. The van der Waals surface area contributed by atoms with Crippen LogP contribution in [0.1, 0.15) is 25.8 Å². The number of rotatable bonds is 14. The molecule has 0 unspecified atom stereocenters. The van der Waals surface area contributed by atoms with Gasteiger partial charge in [-0.15, -0.1) is 0 Å². The number of ether oxygens (including phenoxy) is 1. The quantitative estimate of drug-likeness (QED) is 0.202. The fourth-order valence-corrected chi connectivity index (χ4v) is 5.95. The van der Waals surface area contributed by atoms with Gasteiger partial charge in [-0.2, -0.15) is 0 Å². The van der Waals surface area contributed by atoms with E-state index in [-0.39, 0.29) is 17.3 Å². The third kappa shape index (κ3) is 8.45. The van der Waals surface area contributed by atoms with Crippen LogP contribution in [0.3, 0.4) is 0 Å². The Hall–Kier alpha value is -4.63. The van der Waals surface area contributed by atoms with Crippen molar-refractivity contribution in [2.45, 2.75) is 37.6 Å². The van der Waals surface area contributed by atoms with Crippen LogP contribution in [-0.4, -0.2) is 50.8 Å². The van der Waals surface area contributed by atoms with E-state index < -0.39 is 28.5 Å². The van der Waals surface area contributed by atoms with Gasteiger partial charge in [0.2, 0.25) is 11.8 Å². The molecule has 0 aliphatic rings. The predicted octanol–water partition coefficient (Wildman–Crippen LogP) is 5.66. The van der Waals surface area contributed by atoms with Crippen LogP contribution in [0.2, 0.25) is 0 Å². The molecule has 1 atom stereocenters. The first-order chi connectivity index (χ1) is 20.8. The molecule has 9 heteroatoms. The molecule has 4 rings (SSSR count). The van der Waals surface area contributed by atoms with Crippen LogP contribution >= 0.6 is 0 Å². The Bertz CT molecular complexity index is 1570. The van der Waals surface area contributed by atoms with Gasteiger partial charge in [-0.25, -0.2) is 8.42 Å². The number of carbonyl (C=O) groups is 2. The van der Waals surface area contributed by atoms with E-state index in [1.165, 1.54) is 17.0 Å². The Balaban J connectivity index is 1.64. The Morgan fingerprint density at radius 1 is 0.791 bits per heavy atom. The van der Waals surface area contributed by atoms with Crippen molar-refractivity contribution in [3.05, 3.63) is 121 Å². The predicted molar refractivity (Wildman–Crippen MR) is 169 cm³/mol. The Labute approximate surface area is 254 Å². The molecule has 0 spiro atoms. The Morgan fingerprint density at radius 3 is 1.95 bits per heavy atom. The number of nitrogens with zero attached hydrogens (tertiary/aromatic N) is 2. The smallest absolute Gasteiger partial charge is 0.264 e. The average Bonchev–Trinajstić information content (AvgIpc) is 3.04.